The number of nitrogens with one attached hydrogen (secondary N) is 1. The summed E-state index contributed by atoms with van der Waals surface area (Å²) in [4.78, 5) is 3.61. The number of rotatable bonds is 6. The number of likely N-dealkylation sites (tertiary alicyclic amines) is 1. The predicted molar refractivity (Wildman–Crippen MR) is 102 cm³/mol. The molecule has 24 heavy (non-hydrogen) atoms. The van der Waals surface area contributed by atoms with Crippen LogP contribution < -0.4 is 5.32 Å². The van der Waals surface area contributed by atoms with Crippen LogP contribution in [0.5, 0.6) is 0 Å². The van der Waals surface area contributed by atoms with E-state index in [1.807, 2.05) is 12.1 Å². The van der Waals surface area contributed by atoms with Crippen molar-refractivity contribution in [1.82, 2.24) is 10.2 Å². The van der Waals surface area contributed by atoms with Crippen LogP contribution in [-0.4, -0.2) is 41.0 Å². The second-order valence-electron chi connectivity index (χ2n) is 7.56. The van der Waals surface area contributed by atoms with E-state index < -0.39 is 10.8 Å². The van der Waals surface area contributed by atoms with Crippen molar-refractivity contribution in [3.8, 4) is 0 Å². The van der Waals surface area contributed by atoms with Gasteiger partial charge in [0.05, 0.1) is 0 Å². The van der Waals surface area contributed by atoms with Crippen molar-refractivity contribution in [2.45, 2.75) is 62.4 Å². The quantitative estimate of drug-likeness (QED) is 0.853. The Labute approximate surface area is 149 Å². The van der Waals surface area contributed by atoms with Gasteiger partial charge >= 0.3 is 0 Å². The van der Waals surface area contributed by atoms with Crippen molar-refractivity contribution in [2.24, 2.45) is 5.92 Å². The third kappa shape index (κ3) is 5.40. The fraction of sp³-hybridized carbons (Fsp3) is 0.700. The van der Waals surface area contributed by atoms with Crippen LogP contribution in [0.4, 0.5) is 0 Å². The highest BCUT2D eigenvalue weighted by Gasteiger charge is 2.22. The summed E-state index contributed by atoms with van der Waals surface area (Å²) >= 11 is 0. The van der Waals surface area contributed by atoms with Gasteiger partial charge in [-0.25, -0.2) is 0 Å². The summed E-state index contributed by atoms with van der Waals surface area (Å²) in [5.74, 6) is 0.964. The molecule has 1 aromatic rings. The molecule has 1 saturated heterocycles. The maximum atomic E-state index is 11.4. The molecule has 0 unspecified atom stereocenters. The normalized spacial score (nSPS) is 22.5. The summed E-state index contributed by atoms with van der Waals surface area (Å²) in [7, 11) is -0.879. The zero-order chi connectivity index (χ0) is 16.8. The molecular formula is C20H32N2OS. The van der Waals surface area contributed by atoms with Crippen molar-refractivity contribution < 1.29 is 4.21 Å². The Bertz CT molecular complexity index is 517. The largest absolute Gasteiger partial charge is 0.310 e. The molecule has 1 heterocycles. The van der Waals surface area contributed by atoms with Crippen LogP contribution in [0.15, 0.2) is 29.2 Å². The minimum atomic E-state index is -0.879. The molecule has 3 rings (SSSR count). The first-order chi connectivity index (χ1) is 11.7. The van der Waals surface area contributed by atoms with Gasteiger partial charge in [-0.1, -0.05) is 31.4 Å². The van der Waals surface area contributed by atoms with E-state index >= 15 is 0 Å². The minimum absolute atomic E-state index is 0.646. The molecule has 2 aliphatic rings. The van der Waals surface area contributed by atoms with Crippen molar-refractivity contribution in [3.05, 3.63) is 29.8 Å². The molecule has 1 saturated carbocycles. The smallest absolute Gasteiger partial charge is 0.0498 e. The highest BCUT2D eigenvalue weighted by atomic mass is 32.2. The molecule has 0 radical (unpaired) electrons. The third-order valence-electron chi connectivity index (χ3n) is 5.68. The number of hydrogen-bond donors (Lipinski definition) is 1. The number of piperidine rings is 1. The highest BCUT2D eigenvalue weighted by Crippen LogP contribution is 2.25. The lowest BCUT2D eigenvalue weighted by Crippen LogP contribution is -2.44. The Morgan fingerprint density at radius 3 is 2.33 bits per heavy atom. The standard InChI is InChI=1S/C20H32N2OS/c1-24(23)20-9-7-17(8-10-20)15-21-19-11-13-22(14-12-19)16-18-5-3-2-4-6-18/h7-10,18-19,21H,2-6,11-16H2,1H3/t24-/m1/s1. The van der Waals surface area contributed by atoms with Crippen LogP contribution in [0.3, 0.4) is 0 Å². The highest BCUT2D eigenvalue weighted by molar-refractivity contribution is 7.84. The van der Waals surface area contributed by atoms with E-state index in [1.54, 1.807) is 6.26 Å². The lowest BCUT2D eigenvalue weighted by Gasteiger charge is -2.35. The van der Waals surface area contributed by atoms with Crippen molar-refractivity contribution in [1.29, 1.82) is 0 Å². The van der Waals surface area contributed by atoms with E-state index in [4.69, 9.17) is 0 Å². The summed E-state index contributed by atoms with van der Waals surface area (Å²) in [6.45, 7) is 4.76. The first-order valence-electron chi connectivity index (χ1n) is 9.59. The Morgan fingerprint density at radius 1 is 1.04 bits per heavy atom. The summed E-state index contributed by atoms with van der Waals surface area (Å²) in [5.41, 5.74) is 1.29. The molecule has 3 nitrogen and oxygen atoms in total. The maximum Gasteiger partial charge on any atom is 0.0498 e. The van der Waals surface area contributed by atoms with E-state index in [9.17, 15) is 4.21 Å². The molecule has 134 valence electrons. The average molecular weight is 349 g/mol. The summed E-state index contributed by atoms with van der Waals surface area (Å²) in [6, 6.07) is 8.82. The van der Waals surface area contributed by atoms with Crippen LogP contribution >= 0.6 is 0 Å². The second-order valence-corrected chi connectivity index (χ2v) is 8.94. The fourth-order valence-electron chi connectivity index (χ4n) is 4.12. The second kappa shape index (κ2) is 9.12. The Hall–Kier alpha value is -0.710. The van der Waals surface area contributed by atoms with Gasteiger partial charge in [0.15, 0.2) is 0 Å². The molecule has 0 bridgehead atoms. The van der Waals surface area contributed by atoms with Crippen LogP contribution in [0.25, 0.3) is 0 Å². The van der Waals surface area contributed by atoms with E-state index in [2.05, 4.69) is 22.3 Å². The van der Waals surface area contributed by atoms with Crippen molar-refractivity contribution in [3.63, 3.8) is 0 Å². The van der Waals surface area contributed by atoms with Crippen molar-refractivity contribution >= 4 is 10.8 Å². The molecule has 1 N–H and O–H groups in total. The van der Waals surface area contributed by atoms with Crippen LogP contribution in [0.2, 0.25) is 0 Å². The van der Waals surface area contributed by atoms with Crippen LogP contribution in [0.1, 0.15) is 50.5 Å². The zero-order valence-corrected chi connectivity index (χ0v) is 15.8. The molecular weight excluding hydrogens is 316 g/mol. The number of hydrogen-bond acceptors (Lipinski definition) is 3. The summed E-state index contributed by atoms with van der Waals surface area (Å²) in [6.07, 6.45) is 11.5. The van der Waals surface area contributed by atoms with E-state index in [1.165, 1.54) is 70.1 Å². The molecule has 1 atom stereocenters. The zero-order valence-electron chi connectivity index (χ0n) is 15.0. The van der Waals surface area contributed by atoms with E-state index in [0.717, 1.165) is 17.4 Å². The van der Waals surface area contributed by atoms with Gasteiger partial charge in [0, 0.05) is 41.1 Å². The topological polar surface area (TPSA) is 32.3 Å². The summed E-state index contributed by atoms with van der Waals surface area (Å²) < 4.78 is 11.4. The van der Waals surface area contributed by atoms with Crippen LogP contribution in [-0.2, 0) is 17.3 Å². The monoisotopic (exact) mass is 348 g/mol. The van der Waals surface area contributed by atoms with Gasteiger partial charge in [0.1, 0.15) is 0 Å². The first kappa shape index (κ1) is 18.1. The Morgan fingerprint density at radius 2 is 1.71 bits per heavy atom. The Kier molecular flexibility index (Phi) is 6.87. The molecule has 1 aromatic carbocycles. The lowest BCUT2D eigenvalue weighted by atomic mass is 9.88. The van der Waals surface area contributed by atoms with Gasteiger partial charge in [-0.2, -0.15) is 0 Å². The SMILES string of the molecule is C[S@@](=O)c1ccc(CNC2CCN(CC3CCCCC3)CC2)cc1. The molecule has 1 aliphatic heterocycles. The number of nitrogens with zero attached hydrogens (tertiary/aromatic N) is 1. The molecule has 0 amide bonds. The van der Waals surface area contributed by atoms with Gasteiger partial charge in [-0.05, 0) is 62.4 Å². The van der Waals surface area contributed by atoms with E-state index in [-0.39, 0.29) is 0 Å². The molecule has 1 aliphatic carbocycles. The molecule has 0 aromatic heterocycles. The van der Waals surface area contributed by atoms with Gasteiger partial charge in [-0.3, -0.25) is 4.21 Å². The molecule has 0 spiro atoms. The van der Waals surface area contributed by atoms with E-state index in [0.29, 0.717) is 6.04 Å². The van der Waals surface area contributed by atoms with Gasteiger partial charge in [0.25, 0.3) is 0 Å². The summed E-state index contributed by atoms with van der Waals surface area (Å²) in [5, 5.41) is 3.71. The fourth-order valence-corrected chi connectivity index (χ4v) is 4.64. The molecule has 4 heteroatoms. The third-order valence-corrected chi connectivity index (χ3v) is 6.61. The Balaban J connectivity index is 1.36. The minimum Gasteiger partial charge on any atom is -0.310 e. The van der Waals surface area contributed by atoms with Gasteiger partial charge in [-0.15, -0.1) is 0 Å². The molecule has 2 fully saturated rings. The predicted octanol–water partition coefficient (Wildman–Crippen LogP) is 3.56. The lowest BCUT2D eigenvalue weighted by molar-refractivity contribution is 0.155. The van der Waals surface area contributed by atoms with Gasteiger partial charge in [0.2, 0.25) is 0 Å². The average Bonchev–Trinajstić information content (AvgIpc) is 2.62. The van der Waals surface area contributed by atoms with Crippen LogP contribution in [0, 0.1) is 5.92 Å². The first-order valence-corrected chi connectivity index (χ1v) is 11.1. The maximum absolute atomic E-state index is 11.4. The number of benzene rings is 1. The van der Waals surface area contributed by atoms with Gasteiger partial charge < -0.3 is 10.2 Å². The van der Waals surface area contributed by atoms with Crippen molar-refractivity contribution in [2.75, 3.05) is 25.9 Å².